The van der Waals surface area contributed by atoms with Crippen molar-refractivity contribution in [3.63, 3.8) is 0 Å². The molecule has 6 atom stereocenters. The fourth-order valence-electron chi connectivity index (χ4n) is 3.44. The van der Waals surface area contributed by atoms with Crippen molar-refractivity contribution in [2.24, 2.45) is 0 Å². The van der Waals surface area contributed by atoms with Gasteiger partial charge in [-0.05, 0) is 41.3 Å². The Balaban J connectivity index is 1.90. The zero-order valence-electron chi connectivity index (χ0n) is 15.8. The van der Waals surface area contributed by atoms with Gasteiger partial charge in [-0.2, -0.15) is 5.26 Å². The van der Waals surface area contributed by atoms with E-state index in [2.05, 4.69) is 6.07 Å². The smallest absolute Gasteiger partial charge is 0.113 e. The molecule has 2 aromatic rings. The van der Waals surface area contributed by atoms with Gasteiger partial charge in [0, 0.05) is 22.0 Å². The van der Waals surface area contributed by atoms with Crippen LogP contribution in [0.4, 0.5) is 0 Å². The summed E-state index contributed by atoms with van der Waals surface area (Å²) in [6.07, 6.45) is -4.19. The molecule has 0 radical (unpaired) electrons. The Morgan fingerprint density at radius 2 is 1.76 bits per heavy atom. The second-order valence-electron chi connectivity index (χ2n) is 7.05. The van der Waals surface area contributed by atoms with Crippen molar-refractivity contribution in [1.82, 2.24) is 0 Å². The van der Waals surface area contributed by atoms with Crippen LogP contribution < -0.4 is 0 Å². The average molecular weight is 417 g/mol. The highest BCUT2D eigenvalue weighted by molar-refractivity contribution is 7.84. The molecule has 29 heavy (non-hydrogen) atoms. The Morgan fingerprint density at radius 1 is 1.07 bits per heavy atom. The van der Waals surface area contributed by atoms with Crippen molar-refractivity contribution in [2.45, 2.75) is 41.8 Å². The van der Waals surface area contributed by atoms with Gasteiger partial charge in [-0.1, -0.05) is 24.3 Å². The van der Waals surface area contributed by atoms with Crippen molar-refractivity contribution in [1.29, 1.82) is 5.26 Å². The number of rotatable bonds is 5. The molecule has 1 fully saturated rings. The van der Waals surface area contributed by atoms with Crippen molar-refractivity contribution in [2.75, 3.05) is 12.9 Å². The predicted octanol–water partition coefficient (Wildman–Crippen LogP) is 0.401. The SMILES string of the molecule is CS(=O)c1ccc(Cc2cc([C@@H]3O[C@H](CO)[C@@H](O)C(O)[C@H]3O)ccc2C#N)cc1. The van der Waals surface area contributed by atoms with E-state index >= 15 is 0 Å². The molecule has 1 saturated heterocycles. The minimum atomic E-state index is -1.47. The molecule has 154 valence electrons. The quantitative estimate of drug-likeness (QED) is 0.554. The van der Waals surface area contributed by atoms with Gasteiger partial charge in [-0.15, -0.1) is 0 Å². The maximum Gasteiger partial charge on any atom is 0.113 e. The monoisotopic (exact) mass is 417 g/mol. The molecule has 2 unspecified atom stereocenters. The van der Waals surface area contributed by atoms with Gasteiger partial charge >= 0.3 is 0 Å². The molecule has 8 heteroatoms. The summed E-state index contributed by atoms with van der Waals surface area (Å²) >= 11 is 0. The highest BCUT2D eigenvalue weighted by Crippen LogP contribution is 2.33. The van der Waals surface area contributed by atoms with Crippen molar-refractivity contribution in [3.8, 4) is 6.07 Å². The molecule has 0 bridgehead atoms. The number of nitriles is 1. The topological polar surface area (TPSA) is 131 Å². The standard InChI is InChI=1S/C21H23NO6S/c1-29(27)16-6-2-12(3-7-16)8-15-9-13(4-5-14(15)10-22)21-20(26)19(25)18(24)17(11-23)28-21/h2-7,9,17-21,23-26H,8,11H2,1H3/t17-,18-,19?,20-,21+,29?/m1/s1. The van der Waals surface area contributed by atoms with Crippen LogP contribution in [0.3, 0.4) is 0 Å². The van der Waals surface area contributed by atoms with Gasteiger partial charge in [-0.25, -0.2) is 0 Å². The third kappa shape index (κ3) is 4.56. The van der Waals surface area contributed by atoms with Gasteiger partial charge < -0.3 is 25.2 Å². The first-order valence-electron chi connectivity index (χ1n) is 9.11. The second kappa shape index (κ2) is 9.13. The lowest BCUT2D eigenvalue weighted by Gasteiger charge is -2.40. The van der Waals surface area contributed by atoms with Crippen LogP contribution >= 0.6 is 0 Å². The van der Waals surface area contributed by atoms with Gasteiger partial charge in [0.25, 0.3) is 0 Å². The number of aliphatic hydroxyl groups is 4. The fourth-order valence-corrected chi connectivity index (χ4v) is 3.96. The maximum absolute atomic E-state index is 11.5. The van der Waals surface area contributed by atoms with Crippen molar-refractivity contribution in [3.05, 3.63) is 64.7 Å². The Morgan fingerprint density at radius 3 is 2.34 bits per heavy atom. The van der Waals surface area contributed by atoms with Crippen molar-refractivity contribution < 1.29 is 29.4 Å². The van der Waals surface area contributed by atoms with Crippen LogP contribution in [0, 0.1) is 11.3 Å². The number of benzene rings is 2. The van der Waals surface area contributed by atoms with E-state index < -0.39 is 47.9 Å². The number of hydrogen-bond donors (Lipinski definition) is 4. The molecule has 1 aliphatic rings. The van der Waals surface area contributed by atoms with Gasteiger partial charge in [0.2, 0.25) is 0 Å². The second-order valence-corrected chi connectivity index (χ2v) is 8.43. The summed E-state index contributed by atoms with van der Waals surface area (Å²) in [6.45, 7) is -0.504. The number of hydrogen-bond acceptors (Lipinski definition) is 7. The number of nitrogens with zero attached hydrogens (tertiary/aromatic N) is 1. The lowest BCUT2D eigenvalue weighted by molar-refractivity contribution is -0.231. The Bertz CT molecular complexity index is 924. The first-order chi connectivity index (χ1) is 13.8. The zero-order valence-corrected chi connectivity index (χ0v) is 16.6. The third-order valence-electron chi connectivity index (χ3n) is 5.12. The van der Waals surface area contributed by atoms with E-state index in [1.807, 2.05) is 12.1 Å². The Kier molecular flexibility index (Phi) is 6.80. The Hall–Kier alpha value is -2.12. The summed E-state index contributed by atoms with van der Waals surface area (Å²) in [7, 11) is -1.07. The largest absolute Gasteiger partial charge is 0.394 e. The van der Waals surface area contributed by atoms with Gasteiger partial charge in [-0.3, -0.25) is 4.21 Å². The summed E-state index contributed by atoms with van der Waals surface area (Å²) in [4.78, 5) is 0.712. The normalized spacial score (nSPS) is 27.9. The van der Waals surface area contributed by atoms with Crippen molar-refractivity contribution >= 4 is 10.8 Å². The highest BCUT2D eigenvalue weighted by Gasteiger charge is 2.44. The summed E-state index contributed by atoms with van der Waals surface area (Å²) in [5, 5.41) is 49.2. The number of ether oxygens (including phenoxy) is 1. The minimum Gasteiger partial charge on any atom is -0.394 e. The molecule has 1 aliphatic heterocycles. The predicted molar refractivity (Wildman–Crippen MR) is 105 cm³/mol. The molecule has 0 amide bonds. The van der Waals surface area contributed by atoms with Crippen LogP contribution in [0.2, 0.25) is 0 Å². The van der Waals surface area contributed by atoms with Crippen LogP contribution in [0.25, 0.3) is 0 Å². The molecule has 2 aromatic carbocycles. The van der Waals surface area contributed by atoms with E-state index in [4.69, 9.17) is 4.74 Å². The van der Waals surface area contributed by atoms with Crippen LogP contribution in [-0.2, 0) is 22.0 Å². The van der Waals surface area contributed by atoms with Crippen LogP contribution in [-0.4, -0.2) is 61.9 Å². The molecule has 0 aliphatic carbocycles. The summed E-state index contributed by atoms with van der Waals surface area (Å²) in [5.74, 6) is 0. The lowest BCUT2D eigenvalue weighted by atomic mass is 9.89. The lowest BCUT2D eigenvalue weighted by Crippen LogP contribution is -2.55. The van der Waals surface area contributed by atoms with Crippen LogP contribution in [0.1, 0.15) is 28.4 Å². The van der Waals surface area contributed by atoms with E-state index in [9.17, 15) is 29.9 Å². The molecule has 0 aromatic heterocycles. The van der Waals surface area contributed by atoms with Crippen LogP contribution in [0.5, 0.6) is 0 Å². The van der Waals surface area contributed by atoms with Gasteiger partial charge in [0.1, 0.15) is 30.5 Å². The van der Waals surface area contributed by atoms with Crippen LogP contribution in [0.15, 0.2) is 47.4 Å². The average Bonchev–Trinajstić information content (AvgIpc) is 2.72. The molecule has 0 saturated carbocycles. The molecule has 4 N–H and O–H groups in total. The zero-order chi connectivity index (χ0) is 21.1. The van der Waals surface area contributed by atoms with E-state index in [0.29, 0.717) is 28.0 Å². The summed E-state index contributed by atoms with van der Waals surface area (Å²) in [6, 6.07) is 14.3. The van der Waals surface area contributed by atoms with Gasteiger partial charge in [0.05, 0.1) is 18.2 Å². The summed E-state index contributed by atoms with van der Waals surface area (Å²) < 4.78 is 17.2. The van der Waals surface area contributed by atoms with Gasteiger partial charge in [0.15, 0.2) is 0 Å². The van der Waals surface area contributed by atoms with E-state index in [1.54, 1.807) is 36.6 Å². The maximum atomic E-state index is 11.5. The van der Waals surface area contributed by atoms with E-state index in [-0.39, 0.29) is 0 Å². The minimum absolute atomic E-state index is 0.435. The molecule has 7 nitrogen and oxygen atoms in total. The Labute approximate surface area is 171 Å². The van der Waals surface area contributed by atoms with E-state index in [0.717, 1.165) is 5.56 Å². The molecular formula is C21H23NO6S. The molecule has 3 rings (SSSR count). The third-order valence-corrected chi connectivity index (χ3v) is 6.06. The first-order valence-corrected chi connectivity index (χ1v) is 10.7. The molecule has 0 spiro atoms. The van der Waals surface area contributed by atoms with E-state index in [1.165, 1.54) is 0 Å². The molecule has 1 heterocycles. The first kappa shape index (κ1) is 21.6. The summed E-state index contributed by atoms with van der Waals surface area (Å²) in [5.41, 5.74) is 2.61. The fraction of sp³-hybridized carbons (Fsp3) is 0.381. The molecular weight excluding hydrogens is 394 g/mol. The number of aliphatic hydroxyl groups excluding tert-OH is 4. The highest BCUT2D eigenvalue weighted by atomic mass is 32.2.